The van der Waals surface area contributed by atoms with Gasteiger partial charge >= 0.3 is 4.87 Å². The minimum absolute atomic E-state index is 0.0147. The van der Waals surface area contributed by atoms with Crippen molar-refractivity contribution < 1.29 is 0 Å². The number of nitrogens with two attached hydrogens (primary N) is 1. The van der Waals surface area contributed by atoms with Crippen molar-refractivity contribution in [2.45, 2.75) is 6.54 Å². The van der Waals surface area contributed by atoms with Gasteiger partial charge in [-0.25, -0.2) is 0 Å². The summed E-state index contributed by atoms with van der Waals surface area (Å²) in [6.07, 6.45) is 0. The van der Waals surface area contributed by atoms with Crippen LogP contribution in [0.5, 0.6) is 0 Å². The third-order valence-corrected chi connectivity index (χ3v) is 2.58. The zero-order valence-corrected chi connectivity index (χ0v) is 7.15. The number of nitrogens with one attached hydrogen (secondary N) is 1. The van der Waals surface area contributed by atoms with Crippen LogP contribution in [-0.2, 0) is 6.54 Å². The molecule has 2 rings (SSSR count). The summed E-state index contributed by atoms with van der Waals surface area (Å²) in [5.41, 5.74) is 7.38. The van der Waals surface area contributed by atoms with E-state index in [0.717, 1.165) is 15.8 Å². The van der Waals surface area contributed by atoms with Crippen LogP contribution in [0.2, 0.25) is 0 Å². The first-order chi connectivity index (χ1) is 5.79. The molecule has 0 unspecified atom stereocenters. The third kappa shape index (κ3) is 1.15. The zero-order valence-electron chi connectivity index (χ0n) is 6.33. The van der Waals surface area contributed by atoms with Gasteiger partial charge in [0.1, 0.15) is 0 Å². The molecule has 2 aromatic rings. The van der Waals surface area contributed by atoms with Crippen LogP contribution in [-0.4, -0.2) is 4.98 Å². The number of rotatable bonds is 1. The van der Waals surface area contributed by atoms with E-state index in [-0.39, 0.29) is 4.87 Å². The third-order valence-electron chi connectivity index (χ3n) is 1.72. The first kappa shape index (κ1) is 7.52. The number of H-pyrrole nitrogens is 1. The molecule has 0 radical (unpaired) electrons. The molecular weight excluding hydrogens is 172 g/mol. The molecule has 0 saturated heterocycles. The van der Waals surface area contributed by atoms with E-state index in [9.17, 15) is 4.79 Å². The molecular formula is C8H8N2OS. The largest absolute Gasteiger partial charge is 0.326 e. The van der Waals surface area contributed by atoms with Crippen LogP contribution in [0.25, 0.3) is 10.2 Å². The molecule has 1 aromatic heterocycles. The van der Waals surface area contributed by atoms with Crippen molar-refractivity contribution in [2.24, 2.45) is 5.73 Å². The van der Waals surface area contributed by atoms with Gasteiger partial charge in [-0.3, -0.25) is 4.79 Å². The molecule has 1 aromatic carbocycles. The van der Waals surface area contributed by atoms with Crippen LogP contribution in [0.1, 0.15) is 5.56 Å². The Morgan fingerprint density at radius 2 is 2.33 bits per heavy atom. The Hall–Kier alpha value is -1.13. The van der Waals surface area contributed by atoms with Crippen LogP contribution < -0.4 is 10.6 Å². The number of hydrogen-bond donors (Lipinski definition) is 2. The molecule has 0 aliphatic carbocycles. The highest BCUT2D eigenvalue weighted by Gasteiger charge is 1.98. The Kier molecular flexibility index (Phi) is 1.71. The molecule has 62 valence electrons. The van der Waals surface area contributed by atoms with Crippen LogP contribution >= 0.6 is 11.3 Å². The Morgan fingerprint density at radius 3 is 3.08 bits per heavy atom. The summed E-state index contributed by atoms with van der Waals surface area (Å²) < 4.78 is 0.984. The highest BCUT2D eigenvalue weighted by molar-refractivity contribution is 7.16. The minimum Gasteiger partial charge on any atom is -0.326 e. The highest BCUT2D eigenvalue weighted by atomic mass is 32.1. The Bertz CT molecular complexity index is 457. The smallest absolute Gasteiger partial charge is 0.305 e. The highest BCUT2D eigenvalue weighted by Crippen LogP contribution is 2.15. The van der Waals surface area contributed by atoms with Gasteiger partial charge in [-0.2, -0.15) is 0 Å². The summed E-state index contributed by atoms with van der Waals surface area (Å²) >= 11 is 1.22. The van der Waals surface area contributed by atoms with Gasteiger partial charge < -0.3 is 10.7 Å². The van der Waals surface area contributed by atoms with E-state index in [1.54, 1.807) is 0 Å². The van der Waals surface area contributed by atoms with E-state index >= 15 is 0 Å². The van der Waals surface area contributed by atoms with Crippen molar-refractivity contribution in [3.63, 3.8) is 0 Å². The lowest BCUT2D eigenvalue weighted by atomic mass is 10.2. The van der Waals surface area contributed by atoms with Gasteiger partial charge in [0.05, 0.1) is 10.2 Å². The number of hydrogen-bond acceptors (Lipinski definition) is 3. The van der Waals surface area contributed by atoms with Crippen LogP contribution in [0.4, 0.5) is 0 Å². The van der Waals surface area contributed by atoms with Crippen molar-refractivity contribution in [1.82, 2.24) is 4.98 Å². The van der Waals surface area contributed by atoms with Crippen molar-refractivity contribution in [3.8, 4) is 0 Å². The van der Waals surface area contributed by atoms with Gasteiger partial charge in [0.15, 0.2) is 0 Å². The molecule has 3 N–H and O–H groups in total. The molecule has 0 atom stereocenters. The summed E-state index contributed by atoms with van der Waals surface area (Å²) in [5, 5.41) is 0. The van der Waals surface area contributed by atoms with E-state index in [1.165, 1.54) is 11.3 Å². The molecule has 12 heavy (non-hydrogen) atoms. The minimum atomic E-state index is -0.0147. The number of thiazole rings is 1. The van der Waals surface area contributed by atoms with Crippen molar-refractivity contribution in [1.29, 1.82) is 0 Å². The topological polar surface area (TPSA) is 58.9 Å². The predicted octanol–water partition coefficient (Wildman–Crippen LogP) is 1.05. The fourth-order valence-corrected chi connectivity index (χ4v) is 1.84. The number of benzene rings is 1. The summed E-state index contributed by atoms with van der Waals surface area (Å²) in [4.78, 5) is 13.6. The molecule has 0 saturated carbocycles. The molecule has 0 spiro atoms. The van der Waals surface area contributed by atoms with Gasteiger partial charge in [-0.1, -0.05) is 17.4 Å². The van der Waals surface area contributed by atoms with Crippen LogP contribution in [0.15, 0.2) is 23.0 Å². The van der Waals surface area contributed by atoms with Crippen molar-refractivity contribution in [2.75, 3.05) is 0 Å². The first-order valence-corrected chi connectivity index (χ1v) is 4.43. The summed E-state index contributed by atoms with van der Waals surface area (Å²) in [6.45, 7) is 0.508. The Labute approximate surface area is 72.8 Å². The van der Waals surface area contributed by atoms with Gasteiger partial charge in [-0.05, 0) is 17.7 Å². The van der Waals surface area contributed by atoms with Crippen molar-refractivity contribution >= 4 is 21.6 Å². The predicted molar refractivity (Wildman–Crippen MR) is 50.3 cm³/mol. The summed E-state index contributed by atoms with van der Waals surface area (Å²) in [5.74, 6) is 0. The second kappa shape index (κ2) is 2.73. The number of aromatic amines is 1. The second-order valence-corrected chi connectivity index (χ2v) is 3.56. The first-order valence-electron chi connectivity index (χ1n) is 3.61. The SMILES string of the molecule is NCc1ccc2sc(=O)[nH]c2c1. The lowest BCUT2D eigenvalue weighted by Gasteiger charge is -1.94. The van der Waals surface area contributed by atoms with Crippen LogP contribution in [0, 0.1) is 0 Å². The Balaban J connectivity index is 2.74. The second-order valence-electron chi connectivity index (χ2n) is 2.55. The van der Waals surface area contributed by atoms with Gasteiger partial charge in [-0.15, -0.1) is 0 Å². The van der Waals surface area contributed by atoms with Gasteiger partial charge in [0.2, 0.25) is 0 Å². The van der Waals surface area contributed by atoms with Gasteiger partial charge in [0, 0.05) is 6.54 Å². The lowest BCUT2D eigenvalue weighted by Crippen LogP contribution is -1.95. The quantitative estimate of drug-likeness (QED) is 0.689. The average molecular weight is 180 g/mol. The number of fused-ring (bicyclic) bond motifs is 1. The molecule has 0 fully saturated rings. The van der Waals surface area contributed by atoms with Crippen LogP contribution in [0.3, 0.4) is 0 Å². The molecule has 0 amide bonds. The molecule has 0 bridgehead atoms. The van der Waals surface area contributed by atoms with E-state index in [2.05, 4.69) is 4.98 Å². The summed E-state index contributed by atoms with van der Waals surface area (Å²) in [7, 11) is 0. The molecule has 0 aliphatic rings. The lowest BCUT2D eigenvalue weighted by molar-refractivity contribution is 1.07. The molecule has 3 nitrogen and oxygen atoms in total. The standard InChI is InChI=1S/C8H8N2OS/c9-4-5-1-2-7-6(3-5)10-8(11)12-7/h1-3H,4,9H2,(H,10,11). The molecule has 4 heteroatoms. The van der Waals surface area contributed by atoms with E-state index in [0.29, 0.717) is 6.54 Å². The van der Waals surface area contributed by atoms with E-state index < -0.39 is 0 Å². The summed E-state index contributed by atoms with van der Waals surface area (Å²) in [6, 6.07) is 5.76. The number of aromatic nitrogens is 1. The fourth-order valence-electron chi connectivity index (χ4n) is 1.13. The zero-order chi connectivity index (χ0) is 8.55. The normalized spacial score (nSPS) is 10.8. The Morgan fingerprint density at radius 1 is 1.50 bits per heavy atom. The maximum Gasteiger partial charge on any atom is 0.305 e. The average Bonchev–Trinajstić information content (AvgIpc) is 2.43. The monoisotopic (exact) mass is 180 g/mol. The maximum absolute atomic E-state index is 10.9. The van der Waals surface area contributed by atoms with Crippen molar-refractivity contribution in [3.05, 3.63) is 33.4 Å². The van der Waals surface area contributed by atoms with Gasteiger partial charge in [0.25, 0.3) is 0 Å². The maximum atomic E-state index is 10.9. The molecule has 1 heterocycles. The van der Waals surface area contributed by atoms with E-state index in [1.807, 2.05) is 18.2 Å². The molecule has 0 aliphatic heterocycles. The fraction of sp³-hybridized carbons (Fsp3) is 0.125. The van der Waals surface area contributed by atoms with E-state index in [4.69, 9.17) is 5.73 Å².